The summed E-state index contributed by atoms with van der Waals surface area (Å²) in [4.78, 5) is 0. The monoisotopic (exact) mass is 233 g/mol. The Morgan fingerprint density at radius 3 is 2.80 bits per heavy atom. The quantitative estimate of drug-likeness (QED) is 0.756. The standard InChI is InChI=1S/C10H19NO3S/c12-15(13)5-3-10(8-15)14-7-9-2-1-4-11-6-9/h9-11H,1-8H2. The summed E-state index contributed by atoms with van der Waals surface area (Å²) in [7, 11) is -2.79. The molecule has 2 atom stereocenters. The lowest BCUT2D eigenvalue weighted by atomic mass is 10.0. The van der Waals surface area contributed by atoms with Crippen LogP contribution in [0.2, 0.25) is 0 Å². The maximum absolute atomic E-state index is 11.2. The number of hydrogen-bond acceptors (Lipinski definition) is 4. The predicted molar refractivity (Wildman–Crippen MR) is 58.6 cm³/mol. The summed E-state index contributed by atoms with van der Waals surface area (Å²) in [5.74, 6) is 1.11. The molecule has 4 nitrogen and oxygen atoms in total. The molecule has 88 valence electrons. The fourth-order valence-electron chi connectivity index (χ4n) is 2.23. The first kappa shape index (κ1) is 11.4. The smallest absolute Gasteiger partial charge is 0.152 e. The zero-order chi connectivity index (χ0) is 10.7. The second kappa shape index (κ2) is 4.80. The van der Waals surface area contributed by atoms with Crippen molar-refractivity contribution in [2.75, 3.05) is 31.2 Å². The summed E-state index contributed by atoms with van der Waals surface area (Å²) in [6.07, 6.45) is 3.04. The minimum absolute atomic E-state index is 0.0445. The average molecular weight is 233 g/mol. The van der Waals surface area contributed by atoms with E-state index in [-0.39, 0.29) is 11.9 Å². The van der Waals surface area contributed by atoms with Crippen molar-refractivity contribution < 1.29 is 13.2 Å². The van der Waals surface area contributed by atoms with Gasteiger partial charge in [0.25, 0.3) is 0 Å². The summed E-state index contributed by atoms with van der Waals surface area (Å²) in [5, 5.41) is 3.33. The van der Waals surface area contributed by atoms with Gasteiger partial charge in [0, 0.05) is 6.54 Å². The van der Waals surface area contributed by atoms with Gasteiger partial charge < -0.3 is 10.1 Å². The normalized spacial score (nSPS) is 35.5. The number of nitrogens with one attached hydrogen (secondary N) is 1. The molecule has 0 spiro atoms. The maximum atomic E-state index is 11.2. The van der Waals surface area contributed by atoms with Gasteiger partial charge in [-0.1, -0.05) is 0 Å². The van der Waals surface area contributed by atoms with Crippen molar-refractivity contribution in [3.8, 4) is 0 Å². The van der Waals surface area contributed by atoms with Crippen molar-refractivity contribution in [1.29, 1.82) is 0 Å². The Bertz CT molecular complexity index is 296. The van der Waals surface area contributed by atoms with Gasteiger partial charge in [-0.25, -0.2) is 8.42 Å². The summed E-state index contributed by atoms with van der Waals surface area (Å²) < 4.78 is 28.1. The number of piperidine rings is 1. The van der Waals surface area contributed by atoms with E-state index < -0.39 is 9.84 Å². The zero-order valence-corrected chi connectivity index (χ0v) is 9.76. The van der Waals surface area contributed by atoms with Gasteiger partial charge in [0.2, 0.25) is 0 Å². The SMILES string of the molecule is O=S1(=O)CCC(OCC2CCCNC2)C1. The van der Waals surface area contributed by atoms with Crippen LogP contribution in [0.25, 0.3) is 0 Å². The van der Waals surface area contributed by atoms with Crippen molar-refractivity contribution in [2.24, 2.45) is 5.92 Å². The van der Waals surface area contributed by atoms with Crippen molar-refractivity contribution in [1.82, 2.24) is 5.32 Å². The average Bonchev–Trinajstić information content (AvgIpc) is 2.57. The van der Waals surface area contributed by atoms with Crippen LogP contribution in [0.5, 0.6) is 0 Å². The molecule has 0 saturated carbocycles. The molecular formula is C10H19NO3S. The van der Waals surface area contributed by atoms with Crippen LogP contribution in [0.1, 0.15) is 19.3 Å². The van der Waals surface area contributed by atoms with Gasteiger partial charge in [-0.05, 0) is 31.7 Å². The molecule has 0 aliphatic carbocycles. The van der Waals surface area contributed by atoms with E-state index in [4.69, 9.17) is 4.74 Å². The number of sulfone groups is 1. The molecule has 1 N–H and O–H groups in total. The van der Waals surface area contributed by atoms with Gasteiger partial charge in [0.1, 0.15) is 0 Å². The first-order valence-corrected chi connectivity index (χ1v) is 7.50. The molecule has 2 heterocycles. The molecule has 0 radical (unpaired) electrons. The Morgan fingerprint density at radius 1 is 1.33 bits per heavy atom. The van der Waals surface area contributed by atoms with E-state index in [0.29, 0.717) is 24.7 Å². The second-order valence-electron chi connectivity index (χ2n) is 4.57. The Labute approximate surface area is 91.3 Å². The lowest BCUT2D eigenvalue weighted by Crippen LogP contribution is -2.33. The van der Waals surface area contributed by atoms with Crippen LogP contribution in [-0.2, 0) is 14.6 Å². The highest BCUT2D eigenvalue weighted by Gasteiger charge is 2.29. The number of hydrogen-bond donors (Lipinski definition) is 1. The Hall–Kier alpha value is -0.130. The zero-order valence-electron chi connectivity index (χ0n) is 8.94. The van der Waals surface area contributed by atoms with Crippen LogP contribution >= 0.6 is 0 Å². The lowest BCUT2D eigenvalue weighted by molar-refractivity contribution is 0.0386. The van der Waals surface area contributed by atoms with Crippen LogP contribution in [0.4, 0.5) is 0 Å². The van der Waals surface area contributed by atoms with E-state index in [0.717, 1.165) is 13.1 Å². The van der Waals surface area contributed by atoms with Crippen molar-refractivity contribution in [3.63, 3.8) is 0 Å². The molecule has 2 rings (SSSR count). The minimum atomic E-state index is -2.79. The fourth-order valence-corrected chi connectivity index (χ4v) is 3.85. The predicted octanol–water partition coefficient (Wildman–Crippen LogP) is 0.190. The molecule has 0 amide bonds. The van der Waals surface area contributed by atoms with Crippen LogP contribution in [-0.4, -0.2) is 45.7 Å². The number of rotatable bonds is 3. The summed E-state index contributed by atoms with van der Waals surface area (Å²) in [5.41, 5.74) is 0. The topological polar surface area (TPSA) is 55.4 Å². The highest BCUT2D eigenvalue weighted by molar-refractivity contribution is 7.91. The van der Waals surface area contributed by atoms with Crippen molar-refractivity contribution in [3.05, 3.63) is 0 Å². The Morgan fingerprint density at radius 2 is 2.20 bits per heavy atom. The first-order valence-electron chi connectivity index (χ1n) is 5.68. The molecule has 0 aromatic heterocycles. The Kier molecular flexibility index (Phi) is 3.64. The van der Waals surface area contributed by atoms with Crippen LogP contribution in [0, 0.1) is 5.92 Å². The molecule has 0 aromatic rings. The third-order valence-corrected chi connectivity index (χ3v) is 4.89. The van der Waals surface area contributed by atoms with Gasteiger partial charge >= 0.3 is 0 Å². The van der Waals surface area contributed by atoms with E-state index >= 15 is 0 Å². The highest BCUT2D eigenvalue weighted by Crippen LogP contribution is 2.17. The maximum Gasteiger partial charge on any atom is 0.152 e. The number of ether oxygens (including phenoxy) is 1. The van der Waals surface area contributed by atoms with Crippen LogP contribution in [0.3, 0.4) is 0 Å². The molecular weight excluding hydrogens is 214 g/mol. The van der Waals surface area contributed by atoms with E-state index in [9.17, 15) is 8.42 Å². The molecule has 2 saturated heterocycles. The van der Waals surface area contributed by atoms with Gasteiger partial charge in [-0.3, -0.25) is 0 Å². The van der Waals surface area contributed by atoms with E-state index in [1.807, 2.05) is 0 Å². The van der Waals surface area contributed by atoms with Crippen molar-refractivity contribution in [2.45, 2.75) is 25.4 Å². The largest absolute Gasteiger partial charge is 0.377 e. The summed E-state index contributed by atoms with van der Waals surface area (Å²) in [6.45, 7) is 2.83. The van der Waals surface area contributed by atoms with Gasteiger partial charge in [0.15, 0.2) is 9.84 Å². The van der Waals surface area contributed by atoms with Crippen LogP contribution in [0.15, 0.2) is 0 Å². The van der Waals surface area contributed by atoms with E-state index in [1.165, 1.54) is 12.8 Å². The highest BCUT2D eigenvalue weighted by atomic mass is 32.2. The molecule has 2 unspecified atom stereocenters. The minimum Gasteiger partial charge on any atom is -0.377 e. The van der Waals surface area contributed by atoms with Crippen LogP contribution < -0.4 is 5.32 Å². The molecule has 15 heavy (non-hydrogen) atoms. The Balaban J connectivity index is 1.70. The van der Waals surface area contributed by atoms with Gasteiger partial charge in [-0.15, -0.1) is 0 Å². The lowest BCUT2D eigenvalue weighted by Gasteiger charge is -2.23. The van der Waals surface area contributed by atoms with E-state index in [1.54, 1.807) is 0 Å². The molecule has 2 fully saturated rings. The third-order valence-electron chi connectivity index (χ3n) is 3.16. The summed E-state index contributed by atoms with van der Waals surface area (Å²) >= 11 is 0. The molecule has 0 bridgehead atoms. The van der Waals surface area contributed by atoms with Gasteiger partial charge in [0.05, 0.1) is 24.2 Å². The third kappa shape index (κ3) is 3.43. The molecule has 2 aliphatic rings. The molecule has 2 aliphatic heterocycles. The van der Waals surface area contributed by atoms with Crippen molar-refractivity contribution >= 4 is 9.84 Å². The molecule has 0 aromatic carbocycles. The molecule has 5 heteroatoms. The first-order chi connectivity index (χ1) is 7.16. The fraction of sp³-hybridized carbons (Fsp3) is 1.00. The van der Waals surface area contributed by atoms with E-state index in [2.05, 4.69) is 5.32 Å². The van der Waals surface area contributed by atoms with Gasteiger partial charge in [-0.2, -0.15) is 0 Å². The summed E-state index contributed by atoms with van der Waals surface area (Å²) in [6, 6.07) is 0. The second-order valence-corrected chi connectivity index (χ2v) is 6.80.